The Morgan fingerprint density at radius 2 is 1.61 bits per heavy atom. The molecular formula is C28H18BrClN2O4. The van der Waals surface area contributed by atoms with Crippen LogP contribution in [0.3, 0.4) is 0 Å². The normalized spacial score (nSPS) is 14.9. The maximum absolute atomic E-state index is 13.4. The molecule has 0 radical (unpaired) electrons. The number of nitrogens with one attached hydrogen (secondary N) is 1. The summed E-state index contributed by atoms with van der Waals surface area (Å²) in [5.74, 6) is -1.08. The molecule has 1 fully saturated rings. The standard InChI is InChI=1S/C28H18BrClN2O4/c29-22-10-4-2-8-18(22)16-36-25-14-13-17-7-1-3-9-19(17)20(25)15-21-26(33)31-28(35)32(27(21)34)24-12-6-5-11-23(24)30/h1-15H,16H2,(H,31,33,35)/b21-15+. The number of nitrogens with zero attached hydrogens (tertiary/aromatic N) is 1. The van der Waals surface area contributed by atoms with Crippen molar-refractivity contribution in [2.75, 3.05) is 4.90 Å². The summed E-state index contributed by atoms with van der Waals surface area (Å²) in [6.07, 6.45) is 1.46. The third kappa shape index (κ3) is 4.51. The lowest BCUT2D eigenvalue weighted by Gasteiger charge is -2.27. The number of imide groups is 2. The van der Waals surface area contributed by atoms with Crippen molar-refractivity contribution in [3.05, 3.63) is 111 Å². The number of fused-ring (bicyclic) bond motifs is 1. The van der Waals surface area contributed by atoms with Crippen molar-refractivity contribution in [1.82, 2.24) is 5.32 Å². The smallest absolute Gasteiger partial charge is 0.335 e. The quantitative estimate of drug-likeness (QED) is 0.223. The molecule has 4 amide bonds. The Morgan fingerprint density at radius 1 is 0.889 bits per heavy atom. The summed E-state index contributed by atoms with van der Waals surface area (Å²) < 4.78 is 7.06. The maximum Gasteiger partial charge on any atom is 0.335 e. The fourth-order valence-electron chi connectivity index (χ4n) is 3.97. The van der Waals surface area contributed by atoms with E-state index in [0.717, 1.165) is 25.7 Å². The number of rotatable bonds is 5. The van der Waals surface area contributed by atoms with Gasteiger partial charge in [-0.15, -0.1) is 0 Å². The molecule has 0 spiro atoms. The Kier molecular flexibility index (Phi) is 6.59. The van der Waals surface area contributed by atoms with E-state index in [1.165, 1.54) is 12.1 Å². The van der Waals surface area contributed by atoms with E-state index in [2.05, 4.69) is 21.2 Å². The molecule has 1 saturated heterocycles. The lowest BCUT2D eigenvalue weighted by Crippen LogP contribution is -2.54. The minimum Gasteiger partial charge on any atom is -0.488 e. The highest BCUT2D eigenvalue weighted by Crippen LogP contribution is 2.34. The average molecular weight is 562 g/mol. The number of benzene rings is 4. The first-order chi connectivity index (χ1) is 17.4. The van der Waals surface area contributed by atoms with Crippen molar-refractivity contribution in [3.63, 3.8) is 0 Å². The molecule has 1 N–H and O–H groups in total. The molecule has 36 heavy (non-hydrogen) atoms. The minimum absolute atomic E-state index is 0.184. The van der Waals surface area contributed by atoms with Gasteiger partial charge in [0.05, 0.1) is 10.7 Å². The van der Waals surface area contributed by atoms with Gasteiger partial charge in [0.2, 0.25) is 0 Å². The summed E-state index contributed by atoms with van der Waals surface area (Å²) >= 11 is 9.77. The molecule has 1 heterocycles. The number of halogens is 2. The predicted molar refractivity (Wildman–Crippen MR) is 143 cm³/mol. The van der Waals surface area contributed by atoms with Gasteiger partial charge in [-0.1, -0.05) is 88.2 Å². The van der Waals surface area contributed by atoms with Gasteiger partial charge in [-0.2, -0.15) is 0 Å². The van der Waals surface area contributed by atoms with Gasteiger partial charge in [0, 0.05) is 15.6 Å². The highest BCUT2D eigenvalue weighted by molar-refractivity contribution is 9.10. The van der Waals surface area contributed by atoms with Crippen molar-refractivity contribution in [2.45, 2.75) is 6.61 Å². The summed E-state index contributed by atoms with van der Waals surface area (Å²) in [5, 5.41) is 4.14. The zero-order chi connectivity index (χ0) is 25.2. The number of amides is 4. The third-order valence-corrected chi connectivity index (χ3v) is 6.85. The van der Waals surface area contributed by atoms with Crippen molar-refractivity contribution < 1.29 is 19.1 Å². The number of barbiturate groups is 1. The van der Waals surface area contributed by atoms with E-state index in [1.807, 2.05) is 54.6 Å². The molecule has 0 aliphatic carbocycles. The Labute approximate surface area is 220 Å². The van der Waals surface area contributed by atoms with Crippen LogP contribution in [0.15, 0.2) is 95.0 Å². The molecule has 1 aliphatic heterocycles. The van der Waals surface area contributed by atoms with Crippen LogP contribution in [0.5, 0.6) is 5.75 Å². The Bertz CT molecular complexity index is 1570. The minimum atomic E-state index is -0.862. The number of carbonyl (C=O) groups is 3. The van der Waals surface area contributed by atoms with Crippen LogP contribution in [0.2, 0.25) is 5.02 Å². The number of hydrogen-bond donors (Lipinski definition) is 1. The number of urea groups is 1. The predicted octanol–water partition coefficient (Wildman–Crippen LogP) is 6.50. The van der Waals surface area contributed by atoms with Crippen LogP contribution < -0.4 is 15.0 Å². The molecule has 6 nitrogen and oxygen atoms in total. The summed E-state index contributed by atoms with van der Waals surface area (Å²) in [6.45, 7) is 0.264. The Hall–Kier alpha value is -3.94. The summed E-state index contributed by atoms with van der Waals surface area (Å²) in [4.78, 5) is 39.7. The van der Waals surface area contributed by atoms with Gasteiger partial charge < -0.3 is 4.74 Å². The van der Waals surface area contributed by atoms with Crippen LogP contribution in [-0.2, 0) is 16.2 Å². The van der Waals surface area contributed by atoms with E-state index >= 15 is 0 Å². The first kappa shape index (κ1) is 23.8. The largest absolute Gasteiger partial charge is 0.488 e. The number of anilines is 1. The van der Waals surface area contributed by atoms with Crippen LogP contribution in [0.1, 0.15) is 11.1 Å². The molecule has 178 valence electrons. The fraction of sp³-hybridized carbons (Fsp3) is 0.0357. The Morgan fingerprint density at radius 3 is 2.42 bits per heavy atom. The maximum atomic E-state index is 13.4. The second-order valence-corrected chi connectivity index (χ2v) is 9.25. The first-order valence-electron chi connectivity index (χ1n) is 11.0. The molecular weight excluding hydrogens is 544 g/mol. The van der Waals surface area contributed by atoms with E-state index in [9.17, 15) is 14.4 Å². The molecule has 4 aromatic carbocycles. The average Bonchev–Trinajstić information content (AvgIpc) is 2.87. The third-order valence-electron chi connectivity index (χ3n) is 5.76. The second-order valence-electron chi connectivity index (χ2n) is 7.99. The van der Waals surface area contributed by atoms with Gasteiger partial charge in [0.25, 0.3) is 11.8 Å². The molecule has 0 saturated carbocycles. The van der Waals surface area contributed by atoms with Gasteiger partial charge in [0.1, 0.15) is 17.9 Å². The highest BCUT2D eigenvalue weighted by atomic mass is 79.9. The van der Waals surface area contributed by atoms with Crippen LogP contribution in [0.25, 0.3) is 16.8 Å². The first-order valence-corrected chi connectivity index (χ1v) is 12.1. The molecule has 8 heteroatoms. The summed E-state index contributed by atoms with van der Waals surface area (Å²) in [5.41, 5.74) is 1.46. The van der Waals surface area contributed by atoms with E-state index < -0.39 is 17.8 Å². The number of hydrogen-bond acceptors (Lipinski definition) is 4. The van der Waals surface area contributed by atoms with Crippen molar-refractivity contribution in [2.24, 2.45) is 0 Å². The van der Waals surface area contributed by atoms with Crippen LogP contribution >= 0.6 is 27.5 Å². The van der Waals surface area contributed by atoms with Gasteiger partial charge in [-0.25, -0.2) is 9.69 Å². The SMILES string of the molecule is O=C1NC(=O)N(c2ccccc2Cl)C(=O)/C1=C/c1c(OCc2ccccc2Br)ccc2ccccc12. The summed E-state index contributed by atoms with van der Waals surface area (Å²) in [6, 6.07) is 24.6. The molecule has 0 aromatic heterocycles. The van der Waals surface area contributed by atoms with Gasteiger partial charge in [-0.3, -0.25) is 14.9 Å². The monoisotopic (exact) mass is 560 g/mol. The molecule has 0 bridgehead atoms. The molecule has 0 unspecified atom stereocenters. The molecule has 4 aromatic rings. The van der Waals surface area contributed by atoms with Crippen molar-refractivity contribution in [1.29, 1.82) is 0 Å². The van der Waals surface area contributed by atoms with Crippen LogP contribution in [0, 0.1) is 0 Å². The van der Waals surface area contributed by atoms with Gasteiger partial charge in [0.15, 0.2) is 0 Å². The molecule has 0 atom stereocenters. The lowest BCUT2D eigenvalue weighted by atomic mass is 9.99. The van der Waals surface area contributed by atoms with Crippen LogP contribution in [0.4, 0.5) is 10.5 Å². The summed E-state index contributed by atoms with van der Waals surface area (Å²) in [7, 11) is 0. The van der Waals surface area contributed by atoms with Gasteiger partial charge in [-0.05, 0) is 41.1 Å². The van der Waals surface area contributed by atoms with E-state index in [-0.39, 0.29) is 22.9 Å². The van der Waals surface area contributed by atoms with E-state index in [4.69, 9.17) is 16.3 Å². The zero-order valence-electron chi connectivity index (χ0n) is 18.7. The number of carbonyl (C=O) groups excluding carboxylic acids is 3. The molecule has 1 aliphatic rings. The second kappa shape index (κ2) is 9.97. The fourth-order valence-corrected chi connectivity index (χ4v) is 4.59. The number of ether oxygens (including phenoxy) is 1. The lowest BCUT2D eigenvalue weighted by molar-refractivity contribution is -0.122. The topological polar surface area (TPSA) is 75.7 Å². The Balaban J connectivity index is 1.60. The zero-order valence-corrected chi connectivity index (χ0v) is 21.0. The van der Waals surface area contributed by atoms with Gasteiger partial charge >= 0.3 is 6.03 Å². The number of para-hydroxylation sites is 1. The van der Waals surface area contributed by atoms with Crippen LogP contribution in [-0.4, -0.2) is 17.8 Å². The van der Waals surface area contributed by atoms with Crippen molar-refractivity contribution in [3.8, 4) is 5.75 Å². The highest BCUT2D eigenvalue weighted by Gasteiger charge is 2.38. The van der Waals surface area contributed by atoms with Crippen molar-refractivity contribution >= 4 is 67.9 Å². The molecule has 5 rings (SSSR count). The van der Waals surface area contributed by atoms with E-state index in [1.54, 1.807) is 24.3 Å². The van der Waals surface area contributed by atoms with E-state index in [0.29, 0.717) is 11.3 Å².